The zero-order valence-electron chi connectivity index (χ0n) is 12.7. The molecular formula is C16H27NO2. The van der Waals surface area contributed by atoms with Gasteiger partial charge in [0.1, 0.15) is 18.1 Å². The minimum Gasteiger partial charge on any atom is -0.462 e. The highest BCUT2D eigenvalue weighted by Gasteiger charge is 2.32. The Hall–Kier alpha value is -0.800. The van der Waals surface area contributed by atoms with E-state index in [1.165, 1.54) is 12.8 Å². The van der Waals surface area contributed by atoms with E-state index in [0.717, 1.165) is 30.4 Å². The highest BCUT2D eigenvalue weighted by atomic mass is 16.5. The molecule has 1 fully saturated rings. The van der Waals surface area contributed by atoms with Crippen LogP contribution in [-0.2, 0) is 17.9 Å². The Bertz CT molecular complexity index is 397. The van der Waals surface area contributed by atoms with E-state index >= 15 is 0 Å². The van der Waals surface area contributed by atoms with Gasteiger partial charge in [-0.3, -0.25) is 0 Å². The maximum Gasteiger partial charge on any atom is 0.129 e. The maximum atomic E-state index is 6.05. The van der Waals surface area contributed by atoms with E-state index in [1.54, 1.807) is 0 Å². The quantitative estimate of drug-likeness (QED) is 0.881. The van der Waals surface area contributed by atoms with Crippen molar-refractivity contribution in [1.82, 2.24) is 5.32 Å². The Morgan fingerprint density at radius 3 is 2.74 bits per heavy atom. The Balaban J connectivity index is 1.84. The summed E-state index contributed by atoms with van der Waals surface area (Å²) >= 11 is 0. The van der Waals surface area contributed by atoms with Gasteiger partial charge < -0.3 is 14.5 Å². The van der Waals surface area contributed by atoms with Crippen molar-refractivity contribution in [2.24, 2.45) is 11.3 Å². The van der Waals surface area contributed by atoms with Gasteiger partial charge in [0, 0.05) is 0 Å². The van der Waals surface area contributed by atoms with Crippen molar-refractivity contribution in [1.29, 1.82) is 0 Å². The first-order valence-electron chi connectivity index (χ1n) is 7.32. The largest absolute Gasteiger partial charge is 0.462 e. The van der Waals surface area contributed by atoms with Crippen LogP contribution in [0.5, 0.6) is 0 Å². The lowest BCUT2D eigenvalue weighted by atomic mass is 9.71. The summed E-state index contributed by atoms with van der Waals surface area (Å²) in [7, 11) is 1.92. The first-order chi connectivity index (χ1) is 8.98. The third-order valence-electron chi connectivity index (χ3n) is 3.88. The first kappa shape index (κ1) is 14.6. The molecule has 1 aromatic rings. The molecule has 1 aromatic heterocycles. The van der Waals surface area contributed by atoms with Crippen LogP contribution in [0.4, 0.5) is 0 Å². The SMILES string of the molecule is CNCc1ccc(COC2CC(C)CC(C)(C)C2)o1. The summed E-state index contributed by atoms with van der Waals surface area (Å²) in [6.07, 6.45) is 4.01. The zero-order chi connectivity index (χ0) is 13.9. The molecule has 3 nitrogen and oxygen atoms in total. The molecule has 1 aliphatic carbocycles. The van der Waals surface area contributed by atoms with Crippen molar-refractivity contribution in [3.8, 4) is 0 Å². The van der Waals surface area contributed by atoms with Crippen molar-refractivity contribution in [2.45, 2.75) is 59.3 Å². The second-order valence-electron chi connectivity index (χ2n) is 6.74. The smallest absolute Gasteiger partial charge is 0.129 e. The molecule has 2 atom stereocenters. The highest BCUT2D eigenvalue weighted by Crippen LogP contribution is 2.39. The van der Waals surface area contributed by atoms with Gasteiger partial charge in [0.2, 0.25) is 0 Å². The van der Waals surface area contributed by atoms with Crippen molar-refractivity contribution in [2.75, 3.05) is 7.05 Å². The molecule has 3 heteroatoms. The maximum absolute atomic E-state index is 6.05. The van der Waals surface area contributed by atoms with E-state index in [9.17, 15) is 0 Å². The molecule has 2 rings (SSSR count). The minimum absolute atomic E-state index is 0.372. The van der Waals surface area contributed by atoms with Crippen molar-refractivity contribution >= 4 is 0 Å². The number of furan rings is 1. The molecule has 0 aliphatic heterocycles. The standard InChI is InChI=1S/C16H27NO2/c1-12-7-15(9-16(2,3)8-12)18-11-14-6-5-13(19-14)10-17-4/h5-6,12,15,17H,7-11H2,1-4H3. The van der Waals surface area contributed by atoms with Gasteiger partial charge in [0.25, 0.3) is 0 Å². The van der Waals surface area contributed by atoms with Crippen molar-refractivity contribution < 1.29 is 9.15 Å². The second-order valence-corrected chi connectivity index (χ2v) is 6.74. The molecule has 1 heterocycles. The fourth-order valence-electron chi connectivity index (χ4n) is 3.35. The van der Waals surface area contributed by atoms with Gasteiger partial charge in [0.05, 0.1) is 12.6 Å². The van der Waals surface area contributed by atoms with Crippen LogP contribution >= 0.6 is 0 Å². The van der Waals surface area contributed by atoms with E-state index in [-0.39, 0.29) is 0 Å². The third kappa shape index (κ3) is 4.36. The number of hydrogen-bond acceptors (Lipinski definition) is 3. The molecule has 0 radical (unpaired) electrons. The molecule has 0 amide bonds. The average Bonchev–Trinajstić information content (AvgIpc) is 2.72. The average molecular weight is 265 g/mol. The summed E-state index contributed by atoms with van der Waals surface area (Å²) in [5.41, 5.74) is 0.406. The Labute approximate surface area is 116 Å². The number of rotatable bonds is 5. The van der Waals surface area contributed by atoms with E-state index < -0.39 is 0 Å². The molecule has 0 spiro atoms. The van der Waals surface area contributed by atoms with Crippen LogP contribution in [0.3, 0.4) is 0 Å². The van der Waals surface area contributed by atoms with Gasteiger partial charge in [-0.2, -0.15) is 0 Å². The molecule has 2 unspecified atom stereocenters. The number of ether oxygens (including phenoxy) is 1. The van der Waals surface area contributed by atoms with Crippen LogP contribution in [0.15, 0.2) is 16.5 Å². The van der Waals surface area contributed by atoms with E-state index in [0.29, 0.717) is 18.1 Å². The van der Waals surface area contributed by atoms with E-state index in [2.05, 4.69) is 26.1 Å². The fourth-order valence-corrected chi connectivity index (χ4v) is 3.35. The van der Waals surface area contributed by atoms with Gasteiger partial charge in [-0.05, 0) is 49.8 Å². The summed E-state index contributed by atoms with van der Waals surface area (Å²) in [4.78, 5) is 0. The first-order valence-corrected chi connectivity index (χ1v) is 7.32. The van der Waals surface area contributed by atoms with Gasteiger partial charge >= 0.3 is 0 Å². The normalized spacial score (nSPS) is 26.5. The zero-order valence-corrected chi connectivity index (χ0v) is 12.7. The lowest BCUT2D eigenvalue weighted by Crippen LogP contribution is -2.32. The molecular weight excluding hydrogens is 238 g/mol. The molecule has 0 saturated heterocycles. The molecule has 1 saturated carbocycles. The summed E-state index contributed by atoms with van der Waals surface area (Å²) in [6.45, 7) is 8.38. The number of hydrogen-bond donors (Lipinski definition) is 1. The van der Waals surface area contributed by atoms with Crippen LogP contribution < -0.4 is 5.32 Å². The van der Waals surface area contributed by atoms with Crippen LogP contribution in [0.25, 0.3) is 0 Å². The van der Waals surface area contributed by atoms with E-state index in [4.69, 9.17) is 9.15 Å². The van der Waals surface area contributed by atoms with Crippen molar-refractivity contribution in [3.05, 3.63) is 23.7 Å². The lowest BCUT2D eigenvalue weighted by molar-refractivity contribution is -0.0370. The molecule has 1 N–H and O–H groups in total. The molecule has 1 aliphatic rings. The predicted octanol–water partition coefficient (Wildman–Crippen LogP) is 3.73. The Kier molecular flexibility index (Phi) is 4.69. The van der Waals surface area contributed by atoms with Crippen LogP contribution in [0, 0.1) is 11.3 Å². The van der Waals surface area contributed by atoms with Crippen molar-refractivity contribution in [3.63, 3.8) is 0 Å². The van der Waals surface area contributed by atoms with Gasteiger partial charge in [0.15, 0.2) is 0 Å². The van der Waals surface area contributed by atoms with Crippen LogP contribution in [0.1, 0.15) is 51.6 Å². The van der Waals surface area contributed by atoms with E-state index in [1.807, 2.05) is 19.2 Å². The molecule has 19 heavy (non-hydrogen) atoms. The highest BCUT2D eigenvalue weighted by molar-refractivity contribution is 5.06. The minimum atomic E-state index is 0.372. The molecule has 108 valence electrons. The molecule has 0 aromatic carbocycles. The Morgan fingerprint density at radius 2 is 2.05 bits per heavy atom. The predicted molar refractivity (Wildman–Crippen MR) is 76.8 cm³/mol. The summed E-state index contributed by atoms with van der Waals surface area (Å²) < 4.78 is 11.8. The van der Waals surface area contributed by atoms with Crippen LogP contribution in [0.2, 0.25) is 0 Å². The summed E-state index contributed by atoms with van der Waals surface area (Å²) in [5, 5.41) is 3.08. The summed E-state index contributed by atoms with van der Waals surface area (Å²) in [6, 6.07) is 4.03. The summed E-state index contributed by atoms with van der Waals surface area (Å²) in [5.74, 6) is 2.66. The fraction of sp³-hybridized carbons (Fsp3) is 0.750. The lowest BCUT2D eigenvalue weighted by Gasteiger charge is -2.38. The van der Waals surface area contributed by atoms with Gasteiger partial charge in [-0.1, -0.05) is 20.8 Å². The van der Waals surface area contributed by atoms with Crippen LogP contribution in [-0.4, -0.2) is 13.2 Å². The third-order valence-corrected chi connectivity index (χ3v) is 3.88. The molecule has 0 bridgehead atoms. The van der Waals surface area contributed by atoms with Gasteiger partial charge in [-0.25, -0.2) is 0 Å². The Morgan fingerprint density at radius 1 is 1.32 bits per heavy atom. The monoisotopic (exact) mass is 265 g/mol. The van der Waals surface area contributed by atoms with Gasteiger partial charge in [-0.15, -0.1) is 0 Å². The number of nitrogens with one attached hydrogen (secondary N) is 1. The second kappa shape index (κ2) is 6.10. The topological polar surface area (TPSA) is 34.4 Å².